The van der Waals surface area contributed by atoms with Gasteiger partial charge in [-0.25, -0.2) is 4.39 Å². The summed E-state index contributed by atoms with van der Waals surface area (Å²) in [6.45, 7) is 142. The lowest BCUT2D eigenvalue weighted by molar-refractivity contribution is -0.137. The third kappa shape index (κ3) is 44.1. The van der Waals surface area contributed by atoms with Crippen molar-refractivity contribution in [2.75, 3.05) is 124 Å². The average molecular weight is 1960 g/mol. The Hall–Kier alpha value is -1.31. The van der Waals surface area contributed by atoms with Crippen molar-refractivity contribution < 1.29 is 19.7 Å². The first-order chi connectivity index (χ1) is 60.8. The maximum absolute atomic E-state index is 13.6. The summed E-state index contributed by atoms with van der Waals surface area (Å²) >= 11 is 0. The van der Waals surface area contributed by atoms with Gasteiger partial charge in [-0.05, 0) is 344 Å². The first kappa shape index (κ1) is 145. The monoisotopic (exact) mass is 1960 g/mol. The number of hydrogen-bond acceptors (Lipinski definition) is 14. The third-order valence-corrected chi connectivity index (χ3v) is 34.9. The summed E-state index contributed by atoms with van der Waals surface area (Å²) in [6.07, 6.45) is 7.90. The van der Waals surface area contributed by atoms with Gasteiger partial charge in [0.25, 0.3) is 0 Å². The van der Waals surface area contributed by atoms with Gasteiger partial charge in [0, 0.05) is 201 Å². The Morgan fingerprint density at radius 2 is 0.703 bits per heavy atom. The minimum Gasteiger partial charge on any atom is -0.512 e. The molecule has 10 unspecified atom stereocenters. The zero-order valence-corrected chi connectivity index (χ0v) is 99.3. The van der Waals surface area contributed by atoms with Crippen molar-refractivity contribution >= 4 is 0 Å². The molecular weight excluding hydrogens is 1700 g/mol. The topological polar surface area (TPSA) is 96.3 Å². The summed E-state index contributed by atoms with van der Waals surface area (Å²) in [5.41, 5.74) is 0.744. The smallest absolute Gasteiger partial charge is 0.138 e. The minimum absolute atomic E-state index is 0. The fourth-order valence-corrected chi connectivity index (χ4v) is 21.8. The van der Waals surface area contributed by atoms with Gasteiger partial charge in [0.1, 0.15) is 5.67 Å². The third-order valence-electron chi connectivity index (χ3n) is 34.9. The Kier molecular flexibility index (Phi) is 69.0. The van der Waals surface area contributed by atoms with Crippen LogP contribution in [0.4, 0.5) is 4.39 Å². The highest BCUT2D eigenvalue weighted by molar-refractivity contribution is 5.14. The number of piperidine rings is 1. The van der Waals surface area contributed by atoms with E-state index in [0.717, 1.165) is 170 Å². The van der Waals surface area contributed by atoms with Crippen molar-refractivity contribution in [1.82, 2.24) is 53.9 Å². The van der Waals surface area contributed by atoms with E-state index in [2.05, 4.69) is 399 Å². The molecule has 834 valence electrons. The number of aliphatic hydroxyl groups excluding tert-OH is 2. The van der Waals surface area contributed by atoms with E-state index in [9.17, 15) is 19.7 Å². The highest BCUT2D eigenvalue weighted by Crippen LogP contribution is 2.46. The predicted octanol–water partition coefficient (Wildman–Crippen LogP) is 29.7. The van der Waals surface area contributed by atoms with Crippen LogP contribution in [0.15, 0.2) is 24.0 Å². The number of likely N-dealkylation sites (tertiary alicyclic amines) is 11. The van der Waals surface area contributed by atoms with Crippen LogP contribution in [0.5, 0.6) is 0 Å². The molecule has 11 aliphatic rings. The molecule has 0 aliphatic carbocycles. The highest BCUT2D eigenvalue weighted by atomic mass is 19.1. The van der Waals surface area contributed by atoms with Gasteiger partial charge >= 0.3 is 0 Å². The molecule has 15 heteroatoms. The number of halogens is 1. The molecule has 0 spiro atoms. The van der Waals surface area contributed by atoms with Crippen LogP contribution in [0.2, 0.25) is 0 Å². The number of hydrogen-bond donors (Lipinski definition) is 3. The van der Waals surface area contributed by atoms with Crippen LogP contribution in [0, 0.1) is 129 Å². The predicted molar refractivity (Wildman–Crippen MR) is 621 cm³/mol. The quantitative estimate of drug-likeness (QED) is 0.0512. The zero-order chi connectivity index (χ0) is 104. The normalized spacial score (nSPS) is 25.5. The molecule has 14 nitrogen and oxygen atoms in total. The standard InChI is InChI=1S/C14H27N.C12H25NO.C12H25N.C11H21NO.C11H23N.C10H21NO.3C10H21N.C9H18FN.C9H19N.5CH4/c1-10(2)7-8-14-13(11(3)4)9-15(14)12(5)6;1-8(2)10-7-13(9(3)4)11(10)12(5,6)14;1-8(2)11-7-13(10(5)6)12(11)9(3)4;1-8(2)11(10(5)13)6-12(7-11)9(3)4;1-9(2)11-6-5-7-12(8-11)10(3)4;1-8(2)10(7-12)5-11(6-10)9(3)4;1-8(2)10(5)6-11(7-10)9(3)4;1-7(2)10-6-11(8(3)4)9(10)5;1-8(2)10-5-6-11(7-10)9(3)4;1-7(2)9(10)5-11(6-9)8(3)4;1-7(2)9-5-10(6-9)8(3)4;;;;;/h7,11-14H,8-9H2,1-6H3;8-11,14H,7H2,1-6H3;8-12H,7H2,1-6H3;8-9,13H,5-7H2,1-4H3;9-11H,5-8H2,1-4H3;8-9,12H,5-7H2,1-4H3;8-9H,6-7H2,1-5H3;7-10H,6H2,1-5H3;8-10H,5-7H2,1-4H3;7-8H,5-6H2,1-4H3;7-9H,5-6H2,1-4H3;5*1H4. The molecule has 0 aromatic rings. The highest BCUT2D eigenvalue weighted by Gasteiger charge is 2.52. The molecular formula is C123H262FN11O3. The van der Waals surface area contributed by atoms with Crippen molar-refractivity contribution in [2.24, 2.45) is 129 Å². The van der Waals surface area contributed by atoms with Crippen LogP contribution in [-0.2, 0) is 0 Å². The maximum atomic E-state index is 13.6. The molecule has 0 aromatic heterocycles. The Morgan fingerprint density at radius 1 is 0.362 bits per heavy atom. The molecule has 11 rings (SSSR count). The van der Waals surface area contributed by atoms with Gasteiger partial charge < -0.3 is 30.0 Å². The SMILES string of the molecule is C.C.C.C.C.C=C(O)C1(C(C)C)CN(C(C)C)C1.CC(C)=CCC1C(C(C)C)CN1C(C)C.CC(C)C1CCCN(C(C)C)C1.CC(C)C1CCN(C(C)C)C1.CC(C)C1CN(C(C)C)C1.CC(C)C1CN(C(C)C)C1C.CC(C)C1CN(C(C)C)C1C(C)(C)O.CC(C)C1CN(C(C)C)C1C(C)C.CC(C)N1CC(C)(C(C)C)C1.CC(C)N1CC(CO)(C(C)C)C1.CC(C)N1CC(F)(C(C)C)C1. The lowest BCUT2D eigenvalue weighted by Crippen LogP contribution is -2.68. The summed E-state index contributed by atoms with van der Waals surface area (Å²) in [4.78, 5) is 27.5. The second-order valence-electron chi connectivity index (χ2n) is 53.0. The molecule has 3 N–H and O–H groups in total. The van der Waals surface area contributed by atoms with Crippen LogP contribution in [0.1, 0.15) is 423 Å². The van der Waals surface area contributed by atoms with Crippen LogP contribution in [0.25, 0.3) is 0 Å². The molecule has 0 radical (unpaired) electrons. The summed E-state index contributed by atoms with van der Waals surface area (Å²) in [7, 11) is 0. The summed E-state index contributed by atoms with van der Waals surface area (Å²) in [6, 6.07) is 10.2. The molecule has 10 atom stereocenters. The first-order valence-electron chi connectivity index (χ1n) is 56.1. The van der Waals surface area contributed by atoms with Crippen molar-refractivity contribution in [3.8, 4) is 0 Å². The van der Waals surface area contributed by atoms with E-state index in [4.69, 9.17) is 0 Å². The van der Waals surface area contributed by atoms with E-state index >= 15 is 0 Å². The van der Waals surface area contributed by atoms with Crippen molar-refractivity contribution in [3.05, 3.63) is 24.0 Å². The lowest BCUT2D eigenvalue weighted by atomic mass is 9.69. The minimum atomic E-state index is -0.899. The molecule has 0 bridgehead atoms. The average Bonchev–Trinajstić information content (AvgIpc) is 0.800. The van der Waals surface area contributed by atoms with Gasteiger partial charge in [-0.15, -0.1) is 0 Å². The van der Waals surface area contributed by atoms with E-state index in [0.29, 0.717) is 90.8 Å². The van der Waals surface area contributed by atoms with Gasteiger partial charge in [0.05, 0.1) is 23.4 Å². The molecule has 11 aliphatic heterocycles. The van der Waals surface area contributed by atoms with E-state index in [1.807, 2.05) is 27.7 Å². The molecule has 11 saturated heterocycles. The van der Waals surface area contributed by atoms with Gasteiger partial charge in [-0.2, -0.15) is 0 Å². The van der Waals surface area contributed by atoms with Crippen LogP contribution in [0.3, 0.4) is 0 Å². The molecule has 0 saturated carbocycles. The van der Waals surface area contributed by atoms with Crippen molar-refractivity contribution in [3.63, 3.8) is 0 Å². The number of allylic oxidation sites excluding steroid dienone is 1. The van der Waals surface area contributed by atoms with Gasteiger partial charge in [-0.1, -0.05) is 228 Å². The van der Waals surface area contributed by atoms with E-state index in [1.165, 1.54) is 103 Å². The zero-order valence-electron chi connectivity index (χ0n) is 99.3. The Bertz CT molecular complexity index is 2930. The van der Waals surface area contributed by atoms with Crippen molar-refractivity contribution in [1.29, 1.82) is 0 Å². The van der Waals surface area contributed by atoms with Crippen LogP contribution < -0.4 is 0 Å². The molecule has 0 amide bonds. The second-order valence-corrected chi connectivity index (χ2v) is 53.0. The molecule has 11 fully saturated rings. The Balaban J connectivity index is -0.000000469. The first-order valence-corrected chi connectivity index (χ1v) is 56.1. The van der Waals surface area contributed by atoms with Gasteiger partial charge in [0.15, 0.2) is 0 Å². The number of nitrogens with zero attached hydrogens (tertiary/aromatic N) is 11. The van der Waals surface area contributed by atoms with Crippen molar-refractivity contribution in [2.45, 2.75) is 525 Å². The number of rotatable bonds is 28. The number of alkyl halides is 1. The Morgan fingerprint density at radius 3 is 0.993 bits per heavy atom. The maximum Gasteiger partial charge on any atom is 0.138 e. The van der Waals surface area contributed by atoms with E-state index in [1.54, 1.807) is 0 Å². The largest absolute Gasteiger partial charge is 0.512 e. The Labute approximate surface area is 870 Å². The molecule has 138 heavy (non-hydrogen) atoms. The molecule has 0 aromatic carbocycles. The van der Waals surface area contributed by atoms with E-state index < -0.39 is 11.3 Å². The van der Waals surface area contributed by atoms with Crippen LogP contribution in [-0.4, -0.2) is 296 Å². The summed E-state index contributed by atoms with van der Waals surface area (Å²) in [5, 5.41) is 29.0. The summed E-state index contributed by atoms with van der Waals surface area (Å²) in [5.74, 6) is 15.4. The van der Waals surface area contributed by atoms with Gasteiger partial charge in [-0.3, -0.25) is 39.2 Å². The second kappa shape index (κ2) is 65.6. The summed E-state index contributed by atoms with van der Waals surface area (Å²) < 4.78 is 13.6. The van der Waals surface area contributed by atoms with Gasteiger partial charge in [0.2, 0.25) is 0 Å². The number of aliphatic hydroxyl groups is 3. The molecule has 11 heterocycles. The fraction of sp³-hybridized carbons (Fsp3) is 0.967. The van der Waals surface area contributed by atoms with E-state index in [-0.39, 0.29) is 53.9 Å². The van der Waals surface area contributed by atoms with Crippen LogP contribution >= 0.6 is 0 Å². The fourth-order valence-electron chi connectivity index (χ4n) is 21.8. The lowest BCUT2D eigenvalue weighted by Gasteiger charge is -2.57.